The first kappa shape index (κ1) is 16.5. The van der Waals surface area contributed by atoms with Crippen molar-refractivity contribution in [1.29, 1.82) is 0 Å². The molecule has 0 heteroatoms. The topological polar surface area (TPSA) is 0 Å². The zero-order valence-corrected chi connectivity index (χ0v) is 15.1. The largest absolute Gasteiger partial charge is 0.0620 e. The third-order valence-electron chi connectivity index (χ3n) is 5.22. The van der Waals surface area contributed by atoms with Crippen LogP contribution in [0, 0.1) is 20.8 Å². The van der Waals surface area contributed by atoms with E-state index in [9.17, 15) is 0 Å². The minimum Gasteiger partial charge on any atom is -0.0620 e. The van der Waals surface area contributed by atoms with Crippen LogP contribution in [0.3, 0.4) is 0 Å². The average Bonchev–Trinajstić information content (AvgIpc) is 2.59. The maximum atomic E-state index is 2.37. The predicted octanol–water partition coefficient (Wildman–Crippen LogP) is 6.35. The van der Waals surface area contributed by atoms with E-state index in [2.05, 4.69) is 94.4 Å². The van der Waals surface area contributed by atoms with Gasteiger partial charge in [0.15, 0.2) is 0 Å². The summed E-state index contributed by atoms with van der Waals surface area (Å²) in [5, 5.41) is 0. The number of aryl methyl sites for hydroxylation is 2. The number of hydrogen-bond donors (Lipinski definition) is 0. The summed E-state index contributed by atoms with van der Waals surface area (Å²) in [6, 6.07) is 24.4. The fourth-order valence-electron chi connectivity index (χ4n) is 3.42. The Balaban J connectivity index is 1.90. The fourth-order valence-corrected chi connectivity index (χ4v) is 3.42. The molecule has 0 radical (unpaired) electrons. The van der Waals surface area contributed by atoms with Crippen molar-refractivity contribution in [2.45, 2.75) is 40.0 Å². The molecule has 3 rings (SSSR count). The molecule has 0 heterocycles. The number of benzene rings is 3. The van der Waals surface area contributed by atoms with Gasteiger partial charge in [-0.15, -0.1) is 0 Å². The standard InChI is InChI=1S/C24H26/c1-17-10-7-14-24(19(17)3)20(4)23-13-8-11-21(16-23)15-22-12-6-5-9-18(22)2/h5-14,16,20H,15H2,1-4H3. The van der Waals surface area contributed by atoms with E-state index in [-0.39, 0.29) is 0 Å². The lowest BCUT2D eigenvalue weighted by atomic mass is 9.87. The van der Waals surface area contributed by atoms with Gasteiger partial charge in [0.05, 0.1) is 0 Å². The monoisotopic (exact) mass is 314 g/mol. The van der Waals surface area contributed by atoms with Crippen LogP contribution in [-0.4, -0.2) is 0 Å². The molecule has 0 aliphatic rings. The molecule has 0 bridgehead atoms. The Hall–Kier alpha value is -2.34. The highest BCUT2D eigenvalue weighted by molar-refractivity contribution is 5.42. The van der Waals surface area contributed by atoms with Crippen LogP contribution in [0.25, 0.3) is 0 Å². The molecule has 0 amide bonds. The first-order valence-corrected chi connectivity index (χ1v) is 8.75. The smallest absolute Gasteiger partial charge is 0.00638 e. The molecule has 0 fully saturated rings. The lowest BCUT2D eigenvalue weighted by Crippen LogP contribution is -2.01. The molecule has 0 aromatic heterocycles. The normalized spacial score (nSPS) is 12.2. The van der Waals surface area contributed by atoms with Crippen LogP contribution in [0.5, 0.6) is 0 Å². The molecule has 1 atom stereocenters. The highest BCUT2D eigenvalue weighted by Gasteiger charge is 2.12. The number of rotatable bonds is 4. The quantitative estimate of drug-likeness (QED) is 0.526. The Morgan fingerprint density at radius 2 is 1.46 bits per heavy atom. The number of hydrogen-bond acceptors (Lipinski definition) is 0. The van der Waals surface area contributed by atoms with E-state index in [1.807, 2.05) is 0 Å². The minimum absolute atomic E-state index is 0.418. The van der Waals surface area contributed by atoms with Crippen LogP contribution >= 0.6 is 0 Å². The van der Waals surface area contributed by atoms with Crippen molar-refractivity contribution < 1.29 is 0 Å². The van der Waals surface area contributed by atoms with Gasteiger partial charge >= 0.3 is 0 Å². The van der Waals surface area contributed by atoms with Crippen molar-refractivity contribution >= 4 is 0 Å². The summed E-state index contributed by atoms with van der Waals surface area (Å²) < 4.78 is 0. The van der Waals surface area contributed by atoms with E-state index in [0.717, 1.165) is 6.42 Å². The van der Waals surface area contributed by atoms with Gasteiger partial charge < -0.3 is 0 Å². The van der Waals surface area contributed by atoms with Crippen molar-refractivity contribution in [1.82, 2.24) is 0 Å². The average molecular weight is 314 g/mol. The zero-order valence-electron chi connectivity index (χ0n) is 15.1. The fraction of sp³-hybridized carbons (Fsp3) is 0.250. The third kappa shape index (κ3) is 3.43. The third-order valence-corrected chi connectivity index (χ3v) is 5.22. The van der Waals surface area contributed by atoms with Gasteiger partial charge in [0, 0.05) is 5.92 Å². The second-order valence-electron chi connectivity index (χ2n) is 6.86. The van der Waals surface area contributed by atoms with E-state index in [1.165, 1.54) is 38.9 Å². The summed E-state index contributed by atoms with van der Waals surface area (Å²) in [5.41, 5.74) is 9.78. The van der Waals surface area contributed by atoms with Crippen LogP contribution in [0.15, 0.2) is 66.7 Å². The second kappa shape index (κ2) is 7.05. The summed E-state index contributed by atoms with van der Waals surface area (Å²) in [4.78, 5) is 0. The molecule has 122 valence electrons. The first-order valence-electron chi connectivity index (χ1n) is 8.75. The van der Waals surface area contributed by atoms with Crippen LogP contribution in [0.2, 0.25) is 0 Å². The van der Waals surface area contributed by atoms with Gasteiger partial charge in [-0.05, 0) is 66.1 Å². The molecule has 0 aliphatic carbocycles. The van der Waals surface area contributed by atoms with Gasteiger partial charge in [0.1, 0.15) is 0 Å². The van der Waals surface area contributed by atoms with Crippen LogP contribution in [0.1, 0.15) is 51.8 Å². The molecule has 0 saturated heterocycles. The lowest BCUT2D eigenvalue weighted by molar-refractivity contribution is 0.902. The molecule has 0 nitrogen and oxygen atoms in total. The van der Waals surface area contributed by atoms with Gasteiger partial charge in [-0.1, -0.05) is 73.7 Å². The summed E-state index contributed by atoms with van der Waals surface area (Å²) in [6.45, 7) is 8.94. The maximum Gasteiger partial charge on any atom is 0.00638 e. The van der Waals surface area contributed by atoms with E-state index >= 15 is 0 Å². The van der Waals surface area contributed by atoms with Crippen molar-refractivity contribution in [2.75, 3.05) is 0 Å². The molecule has 0 saturated carbocycles. The van der Waals surface area contributed by atoms with E-state index < -0.39 is 0 Å². The summed E-state index contributed by atoms with van der Waals surface area (Å²) in [6.07, 6.45) is 1.00. The summed E-state index contributed by atoms with van der Waals surface area (Å²) >= 11 is 0. The molecule has 1 unspecified atom stereocenters. The van der Waals surface area contributed by atoms with Crippen molar-refractivity contribution in [3.8, 4) is 0 Å². The van der Waals surface area contributed by atoms with Crippen molar-refractivity contribution in [3.05, 3.63) is 106 Å². The molecule has 24 heavy (non-hydrogen) atoms. The molecular formula is C24H26. The minimum atomic E-state index is 0.418. The van der Waals surface area contributed by atoms with Gasteiger partial charge in [-0.3, -0.25) is 0 Å². The molecule has 0 aliphatic heterocycles. The molecule has 3 aromatic carbocycles. The highest BCUT2D eigenvalue weighted by Crippen LogP contribution is 2.29. The Labute approximate surface area is 146 Å². The van der Waals surface area contributed by atoms with Crippen molar-refractivity contribution in [3.63, 3.8) is 0 Å². The van der Waals surface area contributed by atoms with Crippen LogP contribution < -0.4 is 0 Å². The first-order chi connectivity index (χ1) is 11.6. The maximum absolute atomic E-state index is 2.37. The van der Waals surface area contributed by atoms with Gasteiger partial charge in [-0.2, -0.15) is 0 Å². The van der Waals surface area contributed by atoms with Gasteiger partial charge in [-0.25, -0.2) is 0 Å². The van der Waals surface area contributed by atoms with Crippen LogP contribution in [-0.2, 0) is 6.42 Å². The summed E-state index contributed by atoms with van der Waals surface area (Å²) in [5.74, 6) is 0.418. The van der Waals surface area contributed by atoms with Gasteiger partial charge in [0.2, 0.25) is 0 Å². The molecule has 0 spiro atoms. The van der Waals surface area contributed by atoms with Crippen LogP contribution in [0.4, 0.5) is 0 Å². The second-order valence-corrected chi connectivity index (χ2v) is 6.86. The van der Waals surface area contributed by atoms with E-state index in [4.69, 9.17) is 0 Å². The Kier molecular flexibility index (Phi) is 4.85. The highest BCUT2D eigenvalue weighted by atomic mass is 14.2. The molecule has 0 N–H and O–H groups in total. The van der Waals surface area contributed by atoms with E-state index in [0.29, 0.717) is 5.92 Å². The SMILES string of the molecule is Cc1ccccc1Cc1cccc(C(C)c2cccc(C)c2C)c1. The molecule has 3 aromatic rings. The van der Waals surface area contributed by atoms with Gasteiger partial charge in [0.25, 0.3) is 0 Å². The Bertz CT molecular complexity index is 842. The zero-order chi connectivity index (χ0) is 17.1. The van der Waals surface area contributed by atoms with E-state index in [1.54, 1.807) is 0 Å². The predicted molar refractivity (Wildman–Crippen MR) is 104 cm³/mol. The van der Waals surface area contributed by atoms with Crippen molar-refractivity contribution in [2.24, 2.45) is 0 Å². The molecular weight excluding hydrogens is 288 g/mol. The lowest BCUT2D eigenvalue weighted by Gasteiger charge is -2.18. The Morgan fingerprint density at radius 1 is 0.750 bits per heavy atom. The summed E-state index contributed by atoms with van der Waals surface area (Å²) in [7, 11) is 0. The Morgan fingerprint density at radius 3 is 2.25 bits per heavy atom.